The van der Waals surface area contributed by atoms with E-state index in [1.165, 1.54) is 6.20 Å². The first-order valence-electron chi connectivity index (χ1n) is 6.76. The topological polar surface area (TPSA) is 76.1 Å². The Morgan fingerprint density at radius 3 is 2.91 bits per heavy atom. The molecule has 0 bridgehead atoms. The van der Waals surface area contributed by atoms with Crippen molar-refractivity contribution < 1.29 is 9.53 Å². The molecular formula is C15H19ClN4O2. The minimum absolute atomic E-state index is 0. The van der Waals surface area contributed by atoms with Gasteiger partial charge < -0.3 is 15.4 Å². The fourth-order valence-electron chi connectivity index (χ4n) is 1.75. The molecule has 1 amide bonds. The van der Waals surface area contributed by atoms with Crippen LogP contribution < -0.4 is 15.4 Å². The minimum atomic E-state index is -0.0121. The van der Waals surface area contributed by atoms with Crippen LogP contribution >= 0.6 is 12.4 Å². The maximum Gasteiger partial charge on any atom is 0.237 e. The van der Waals surface area contributed by atoms with Crippen LogP contribution in [0.1, 0.15) is 12.8 Å². The van der Waals surface area contributed by atoms with E-state index in [1.54, 1.807) is 24.5 Å². The average molecular weight is 323 g/mol. The Morgan fingerprint density at radius 1 is 1.32 bits per heavy atom. The molecule has 0 unspecified atom stereocenters. The molecular weight excluding hydrogens is 304 g/mol. The zero-order valence-electron chi connectivity index (χ0n) is 12.3. The summed E-state index contributed by atoms with van der Waals surface area (Å²) in [5.74, 6) is 1.00. The van der Waals surface area contributed by atoms with Gasteiger partial charge in [0.15, 0.2) is 0 Å². The fourth-order valence-corrected chi connectivity index (χ4v) is 1.75. The molecule has 118 valence electrons. The maximum absolute atomic E-state index is 11.8. The van der Waals surface area contributed by atoms with E-state index in [9.17, 15) is 4.79 Å². The molecule has 0 aliphatic rings. The Bertz CT molecular complexity index is 581. The highest BCUT2D eigenvalue weighted by molar-refractivity contribution is 5.90. The van der Waals surface area contributed by atoms with E-state index in [0.29, 0.717) is 23.7 Å². The molecule has 0 radical (unpaired) electrons. The number of hydrogen-bond donors (Lipinski definition) is 2. The maximum atomic E-state index is 11.8. The third-order valence-corrected chi connectivity index (χ3v) is 2.71. The predicted octanol–water partition coefficient (Wildman–Crippen LogP) is 2.63. The van der Waals surface area contributed by atoms with Crippen LogP contribution in [-0.2, 0) is 4.79 Å². The third-order valence-electron chi connectivity index (χ3n) is 2.71. The number of nitrogens with one attached hydrogen (secondary N) is 2. The molecule has 1 aromatic carbocycles. The van der Waals surface area contributed by atoms with E-state index in [-0.39, 0.29) is 18.3 Å². The van der Waals surface area contributed by atoms with E-state index in [4.69, 9.17) is 4.74 Å². The van der Waals surface area contributed by atoms with Gasteiger partial charge in [-0.25, -0.2) is 4.98 Å². The van der Waals surface area contributed by atoms with Gasteiger partial charge in [-0.1, -0.05) is 6.07 Å². The molecule has 0 aliphatic heterocycles. The zero-order valence-corrected chi connectivity index (χ0v) is 13.1. The number of benzene rings is 1. The highest BCUT2D eigenvalue weighted by Crippen LogP contribution is 2.22. The number of anilines is 1. The van der Waals surface area contributed by atoms with E-state index < -0.39 is 0 Å². The summed E-state index contributed by atoms with van der Waals surface area (Å²) in [4.78, 5) is 19.7. The van der Waals surface area contributed by atoms with Crippen LogP contribution in [0.3, 0.4) is 0 Å². The van der Waals surface area contributed by atoms with Crippen molar-refractivity contribution in [1.82, 2.24) is 15.3 Å². The van der Waals surface area contributed by atoms with Crippen molar-refractivity contribution in [3.63, 3.8) is 0 Å². The van der Waals surface area contributed by atoms with Crippen molar-refractivity contribution in [3.05, 3.63) is 42.9 Å². The van der Waals surface area contributed by atoms with Crippen LogP contribution in [-0.4, -0.2) is 29.5 Å². The SMILES string of the molecule is CNCCCC(=O)Nc1cccc(Oc2cnccn2)c1.Cl. The van der Waals surface area contributed by atoms with Crippen molar-refractivity contribution >= 4 is 24.0 Å². The standard InChI is InChI=1S/C15H18N4O2.ClH/c1-16-7-3-6-14(20)19-12-4-2-5-13(10-12)21-15-11-17-8-9-18-15;/h2,4-5,8-11,16H,3,6-7H2,1H3,(H,19,20);1H. The summed E-state index contributed by atoms with van der Waals surface area (Å²) in [7, 11) is 1.87. The number of carbonyl (C=O) groups is 1. The lowest BCUT2D eigenvalue weighted by atomic mass is 10.2. The number of halogens is 1. The molecule has 0 saturated heterocycles. The van der Waals surface area contributed by atoms with Crippen LogP contribution in [0.15, 0.2) is 42.9 Å². The summed E-state index contributed by atoms with van der Waals surface area (Å²) in [6.07, 6.45) is 5.95. The molecule has 0 saturated carbocycles. The molecule has 1 heterocycles. The summed E-state index contributed by atoms with van der Waals surface area (Å²) < 4.78 is 5.56. The van der Waals surface area contributed by atoms with Gasteiger partial charge >= 0.3 is 0 Å². The highest BCUT2D eigenvalue weighted by atomic mass is 35.5. The number of hydrogen-bond acceptors (Lipinski definition) is 5. The predicted molar refractivity (Wildman–Crippen MR) is 87.6 cm³/mol. The fraction of sp³-hybridized carbons (Fsp3) is 0.267. The number of ether oxygens (including phenoxy) is 1. The van der Waals surface area contributed by atoms with Gasteiger partial charge in [0.25, 0.3) is 0 Å². The van der Waals surface area contributed by atoms with Crippen LogP contribution in [0.5, 0.6) is 11.6 Å². The average Bonchev–Trinajstić information content (AvgIpc) is 2.49. The van der Waals surface area contributed by atoms with E-state index in [0.717, 1.165) is 13.0 Å². The Balaban J connectivity index is 0.00000242. The summed E-state index contributed by atoms with van der Waals surface area (Å²) in [6.45, 7) is 0.823. The van der Waals surface area contributed by atoms with Gasteiger partial charge in [0.2, 0.25) is 11.8 Å². The molecule has 7 heteroatoms. The molecule has 22 heavy (non-hydrogen) atoms. The van der Waals surface area contributed by atoms with Crippen molar-refractivity contribution in [2.75, 3.05) is 18.9 Å². The first kappa shape index (κ1) is 17.9. The zero-order chi connectivity index (χ0) is 14.9. The summed E-state index contributed by atoms with van der Waals surface area (Å²) >= 11 is 0. The summed E-state index contributed by atoms with van der Waals surface area (Å²) in [5, 5.41) is 5.85. The Hall–Kier alpha value is -2.18. The summed E-state index contributed by atoms with van der Waals surface area (Å²) in [5.41, 5.74) is 0.700. The highest BCUT2D eigenvalue weighted by Gasteiger charge is 2.04. The van der Waals surface area contributed by atoms with E-state index >= 15 is 0 Å². The monoisotopic (exact) mass is 322 g/mol. The van der Waals surface area contributed by atoms with E-state index in [1.807, 2.05) is 19.2 Å². The molecule has 2 N–H and O–H groups in total. The second kappa shape index (κ2) is 9.70. The molecule has 0 spiro atoms. The number of rotatable bonds is 7. The number of amides is 1. The number of nitrogens with zero attached hydrogens (tertiary/aromatic N) is 2. The van der Waals surface area contributed by atoms with Crippen LogP contribution in [0, 0.1) is 0 Å². The van der Waals surface area contributed by atoms with E-state index in [2.05, 4.69) is 20.6 Å². The molecule has 1 aromatic heterocycles. The van der Waals surface area contributed by atoms with Crippen LogP contribution in [0.2, 0.25) is 0 Å². The Kier molecular flexibility index (Phi) is 7.88. The van der Waals surface area contributed by atoms with Gasteiger partial charge in [0.1, 0.15) is 5.75 Å². The van der Waals surface area contributed by atoms with Crippen molar-refractivity contribution in [2.45, 2.75) is 12.8 Å². The molecule has 0 aliphatic carbocycles. The second-order valence-electron chi connectivity index (χ2n) is 4.43. The molecule has 2 rings (SSSR count). The minimum Gasteiger partial charge on any atom is -0.437 e. The quantitative estimate of drug-likeness (QED) is 0.766. The first-order valence-corrected chi connectivity index (χ1v) is 6.76. The lowest BCUT2D eigenvalue weighted by Crippen LogP contribution is -2.15. The van der Waals surface area contributed by atoms with Crippen molar-refractivity contribution in [2.24, 2.45) is 0 Å². The van der Waals surface area contributed by atoms with Gasteiger partial charge in [-0.15, -0.1) is 12.4 Å². The van der Waals surface area contributed by atoms with Gasteiger partial charge in [-0.2, -0.15) is 0 Å². The molecule has 0 atom stereocenters. The number of carbonyl (C=O) groups excluding carboxylic acids is 1. The molecule has 2 aromatic rings. The van der Waals surface area contributed by atoms with Gasteiger partial charge in [0.05, 0.1) is 6.20 Å². The lowest BCUT2D eigenvalue weighted by Gasteiger charge is -2.08. The normalized spacial score (nSPS) is 9.68. The van der Waals surface area contributed by atoms with Crippen LogP contribution in [0.4, 0.5) is 5.69 Å². The third kappa shape index (κ3) is 6.07. The molecule has 0 fully saturated rings. The van der Waals surface area contributed by atoms with Crippen LogP contribution in [0.25, 0.3) is 0 Å². The van der Waals surface area contributed by atoms with Gasteiger partial charge in [-0.05, 0) is 32.1 Å². The number of aromatic nitrogens is 2. The Morgan fingerprint density at radius 2 is 2.18 bits per heavy atom. The van der Waals surface area contributed by atoms with Gasteiger partial charge in [-0.3, -0.25) is 9.78 Å². The Labute approximate surface area is 135 Å². The molecule has 6 nitrogen and oxygen atoms in total. The van der Waals surface area contributed by atoms with Gasteiger partial charge in [0, 0.05) is 30.6 Å². The lowest BCUT2D eigenvalue weighted by molar-refractivity contribution is -0.116. The summed E-state index contributed by atoms with van der Waals surface area (Å²) in [6, 6.07) is 7.18. The smallest absolute Gasteiger partial charge is 0.237 e. The van der Waals surface area contributed by atoms with Crippen molar-refractivity contribution in [1.29, 1.82) is 0 Å². The largest absolute Gasteiger partial charge is 0.437 e. The second-order valence-corrected chi connectivity index (χ2v) is 4.43. The van der Waals surface area contributed by atoms with Crippen molar-refractivity contribution in [3.8, 4) is 11.6 Å². The first-order chi connectivity index (χ1) is 10.3.